The van der Waals surface area contributed by atoms with Crippen LogP contribution in [0.3, 0.4) is 0 Å². The van der Waals surface area contributed by atoms with Crippen molar-refractivity contribution in [1.29, 1.82) is 0 Å². The standard InChI is InChI=1S/C17H32N2O/c1-5-7-9-14-16(20)19(15(18-14)8-6-2)13-10-11-17(3,4)12-13/h13-15,18H,5-12H2,1-4H3. The number of hydrogen-bond donors (Lipinski definition) is 1. The lowest BCUT2D eigenvalue weighted by Gasteiger charge is -2.31. The Morgan fingerprint density at radius 3 is 2.55 bits per heavy atom. The lowest BCUT2D eigenvalue weighted by Crippen LogP contribution is -2.43. The number of carbonyl (C=O) groups is 1. The van der Waals surface area contributed by atoms with Gasteiger partial charge in [0, 0.05) is 6.04 Å². The Hall–Kier alpha value is -0.570. The molecule has 0 aromatic carbocycles. The molecule has 2 rings (SSSR count). The largest absolute Gasteiger partial charge is 0.323 e. The summed E-state index contributed by atoms with van der Waals surface area (Å²) in [6.07, 6.45) is 9.42. The topological polar surface area (TPSA) is 32.3 Å². The van der Waals surface area contributed by atoms with Crippen molar-refractivity contribution >= 4 is 5.91 Å². The smallest absolute Gasteiger partial charge is 0.241 e. The summed E-state index contributed by atoms with van der Waals surface area (Å²) in [6.45, 7) is 9.08. The van der Waals surface area contributed by atoms with E-state index in [0.29, 0.717) is 17.4 Å². The fraction of sp³-hybridized carbons (Fsp3) is 0.941. The third-order valence-electron chi connectivity index (χ3n) is 5.03. The Labute approximate surface area is 124 Å². The maximum Gasteiger partial charge on any atom is 0.241 e. The molecule has 1 N–H and O–H groups in total. The Balaban J connectivity index is 2.05. The first-order chi connectivity index (χ1) is 9.48. The monoisotopic (exact) mass is 280 g/mol. The summed E-state index contributed by atoms with van der Waals surface area (Å²) in [6, 6.07) is 0.545. The van der Waals surface area contributed by atoms with Crippen LogP contribution in [-0.4, -0.2) is 29.1 Å². The zero-order valence-electron chi connectivity index (χ0n) is 13.7. The molecular weight excluding hydrogens is 248 g/mol. The third kappa shape index (κ3) is 3.36. The molecule has 3 atom stereocenters. The Morgan fingerprint density at radius 1 is 1.25 bits per heavy atom. The quantitative estimate of drug-likeness (QED) is 0.805. The molecule has 0 bridgehead atoms. The number of nitrogens with one attached hydrogen (secondary N) is 1. The van der Waals surface area contributed by atoms with Crippen LogP contribution >= 0.6 is 0 Å². The molecule has 1 heterocycles. The highest BCUT2D eigenvalue weighted by Gasteiger charge is 2.45. The first kappa shape index (κ1) is 15.8. The fourth-order valence-electron chi connectivity index (χ4n) is 3.90. The van der Waals surface area contributed by atoms with E-state index in [0.717, 1.165) is 25.7 Å². The first-order valence-corrected chi connectivity index (χ1v) is 8.56. The third-order valence-corrected chi connectivity index (χ3v) is 5.03. The van der Waals surface area contributed by atoms with Gasteiger partial charge >= 0.3 is 0 Å². The molecule has 0 radical (unpaired) electrons. The molecule has 20 heavy (non-hydrogen) atoms. The van der Waals surface area contributed by atoms with Crippen LogP contribution in [0.4, 0.5) is 0 Å². The average molecular weight is 280 g/mol. The minimum atomic E-state index is 0.0789. The van der Waals surface area contributed by atoms with Crippen molar-refractivity contribution in [2.75, 3.05) is 0 Å². The van der Waals surface area contributed by atoms with Crippen LogP contribution in [0.15, 0.2) is 0 Å². The molecule has 3 nitrogen and oxygen atoms in total. The zero-order chi connectivity index (χ0) is 14.8. The molecule has 1 amide bonds. The van der Waals surface area contributed by atoms with E-state index in [4.69, 9.17) is 0 Å². The summed E-state index contributed by atoms with van der Waals surface area (Å²) in [5, 5.41) is 3.61. The number of hydrogen-bond acceptors (Lipinski definition) is 2. The van der Waals surface area contributed by atoms with E-state index in [1.165, 1.54) is 25.7 Å². The molecule has 2 aliphatic rings. The van der Waals surface area contributed by atoms with Crippen LogP contribution < -0.4 is 5.32 Å². The van der Waals surface area contributed by atoms with Crippen LogP contribution in [-0.2, 0) is 4.79 Å². The number of rotatable bonds is 6. The first-order valence-electron chi connectivity index (χ1n) is 8.56. The van der Waals surface area contributed by atoms with Crippen LogP contribution in [0.5, 0.6) is 0 Å². The minimum Gasteiger partial charge on any atom is -0.323 e. The Morgan fingerprint density at radius 2 is 2.00 bits per heavy atom. The summed E-state index contributed by atoms with van der Waals surface area (Å²) in [5.74, 6) is 0.375. The molecule has 1 aliphatic carbocycles. The van der Waals surface area contributed by atoms with Crippen LogP contribution in [0.1, 0.15) is 79.1 Å². The normalized spacial score (nSPS) is 33.1. The van der Waals surface area contributed by atoms with Gasteiger partial charge in [-0.1, -0.05) is 47.0 Å². The maximum absolute atomic E-state index is 12.8. The van der Waals surface area contributed by atoms with E-state index in [-0.39, 0.29) is 12.2 Å². The molecule has 1 saturated heterocycles. The van der Waals surface area contributed by atoms with Gasteiger partial charge in [-0.3, -0.25) is 10.1 Å². The van der Waals surface area contributed by atoms with Crippen LogP contribution in [0, 0.1) is 5.41 Å². The molecule has 0 spiro atoms. The Bertz CT molecular complexity index is 340. The highest BCUT2D eigenvalue weighted by atomic mass is 16.2. The van der Waals surface area contributed by atoms with Gasteiger partial charge in [0.25, 0.3) is 0 Å². The predicted octanol–water partition coefficient (Wildman–Crippen LogP) is 3.68. The molecular formula is C17H32N2O. The maximum atomic E-state index is 12.8. The SMILES string of the molecule is CCCCC1NC(CCC)N(C2CCC(C)(C)C2)C1=O. The fourth-order valence-corrected chi connectivity index (χ4v) is 3.90. The van der Waals surface area contributed by atoms with Crippen molar-refractivity contribution in [3.63, 3.8) is 0 Å². The highest BCUT2D eigenvalue weighted by molar-refractivity contribution is 5.84. The van der Waals surface area contributed by atoms with Crippen molar-refractivity contribution in [3.8, 4) is 0 Å². The van der Waals surface area contributed by atoms with Crippen LogP contribution in [0.2, 0.25) is 0 Å². The average Bonchev–Trinajstić information content (AvgIpc) is 2.88. The van der Waals surface area contributed by atoms with Crippen molar-refractivity contribution in [1.82, 2.24) is 10.2 Å². The van der Waals surface area contributed by atoms with E-state index < -0.39 is 0 Å². The van der Waals surface area contributed by atoms with Gasteiger partial charge in [-0.2, -0.15) is 0 Å². The molecule has 1 saturated carbocycles. The second-order valence-electron chi connectivity index (χ2n) is 7.47. The van der Waals surface area contributed by atoms with E-state index in [2.05, 4.69) is 37.9 Å². The second kappa shape index (κ2) is 6.46. The van der Waals surface area contributed by atoms with Gasteiger partial charge in [-0.25, -0.2) is 0 Å². The van der Waals surface area contributed by atoms with E-state index in [1.54, 1.807) is 0 Å². The molecule has 0 aromatic rings. The highest BCUT2D eigenvalue weighted by Crippen LogP contribution is 2.41. The lowest BCUT2D eigenvalue weighted by molar-refractivity contribution is -0.132. The van der Waals surface area contributed by atoms with Crippen molar-refractivity contribution < 1.29 is 4.79 Å². The molecule has 0 aromatic heterocycles. The minimum absolute atomic E-state index is 0.0789. The molecule has 116 valence electrons. The van der Waals surface area contributed by atoms with Gasteiger partial charge in [-0.05, 0) is 37.5 Å². The van der Waals surface area contributed by atoms with E-state index in [1.807, 2.05) is 0 Å². The molecule has 3 heteroatoms. The molecule has 1 aliphatic heterocycles. The van der Waals surface area contributed by atoms with Gasteiger partial charge in [0.05, 0.1) is 12.2 Å². The second-order valence-corrected chi connectivity index (χ2v) is 7.47. The van der Waals surface area contributed by atoms with Gasteiger partial charge < -0.3 is 4.90 Å². The number of unbranched alkanes of at least 4 members (excludes halogenated alkanes) is 1. The molecule has 2 fully saturated rings. The van der Waals surface area contributed by atoms with Crippen molar-refractivity contribution in [2.45, 2.75) is 97.3 Å². The number of amides is 1. The molecule has 3 unspecified atom stereocenters. The summed E-state index contributed by atoms with van der Waals surface area (Å²) in [4.78, 5) is 15.0. The van der Waals surface area contributed by atoms with Crippen molar-refractivity contribution in [3.05, 3.63) is 0 Å². The van der Waals surface area contributed by atoms with Gasteiger partial charge in [-0.15, -0.1) is 0 Å². The summed E-state index contributed by atoms with van der Waals surface area (Å²) in [5.41, 5.74) is 0.406. The number of nitrogens with zero attached hydrogens (tertiary/aromatic N) is 1. The summed E-state index contributed by atoms with van der Waals surface area (Å²) < 4.78 is 0. The number of carbonyl (C=O) groups excluding carboxylic acids is 1. The summed E-state index contributed by atoms with van der Waals surface area (Å²) >= 11 is 0. The van der Waals surface area contributed by atoms with Gasteiger partial charge in [0.2, 0.25) is 5.91 Å². The zero-order valence-corrected chi connectivity index (χ0v) is 13.7. The summed E-state index contributed by atoms with van der Waals surface area (Å²) in [7, 11) is 0. The van der Waals surface area contributed by atoms with E-state index >= 15 is 0 Å². The Kier molecular flexibility index (Phi) is 5.11. The van der Waals surface area contributed by atoms with E-state index in [9.17, 15) is 4.79 Å². The van der Waals surface area contributed by atoms with Gasteiger partial charge in [0.1, 0.15) is 0 Å². The van der Waals surface area contributed by atoms with Crippen molar-refractivity contribution in [2.24, 2.45) is 5.41 Å². The van der Waals surface area contributed by atoms with Crippen LogP contribution in [0.25, 0.3) is 0 Å². The lowest BCUT2D eigenvalue weighted by atomic mass is 9.91. The predicted molar refractivity (Wildman–Crippen MR) is 83.4 cm³/mol. The van der Waals surface area contributed by atoms with Gasteiger partial charge in [0.15, 0.2) is 0 Å².